The third-order valence-electron chi connectivity index (χ3n) is 2.20. The molecule has 0 aliphatic rings. The summed E-state index contributed by atoms with van der Waals surface area (Å²) in [5.74, 6) is -0.0218. The summed E-state index contributed by atoms with van der Waals surface area (Å²) in [4.78, 5) is 15.3. The smallest absolute Gasteiger partial charge is 0.325 e. The Morgan fingerprint density at radius 2 is 2.27 bits per heavy atom. The fraction of sp³-hybridized carbons (Fsp3) is 0.200. The van der Waals surface area contributed by atoms with E-state index >= 15 is 0 Å². The molecule has 0 unspecified atom stereocenters. The number of imidazole rings is 1. The predicted octanol–water partition coefficient (Wildman–Crippen LogP) is 0.791. The van der Waals surface area contributed by atoms with Crippen LogP contribution in [0.1, 0.15) is 0 Å². The highest BCUT2D eigenvalue weighted by Crippen LogP contribution is 2.16. The fourth-order valence-electron chi connectivity index (χ4n) is 1.45. The van der Waals surface area contributed by atoms with Crippen molar-refractivity contribution < 1.29 is 9.53 Å². The number of nitrogen functional groups attached to an aromatic ring is 1. The maximum atomic E-state index is 11.1. The number of carbonyl (C=O) groups excluding carboxylic acids is 1. The number of nitrogens with zero attached hydrogens (tertiary/aromatic N) is 2. The first kappa shape index (κ1) is 9.51. The van der Waals surface area contributed by atoms with E-state index in [0.717, 1.165) is 11.0 Å². The zero-order chi connectivity index (χ0) is 10.8. The Morgan fingerprint density at radius 3 is 3.00 bits per heavy atom. The number of carbonyl (C=O) groups is 1. The first-order valence-electron chi connectivity index (χ1n) is 4.50. The summed E-state index contributed by atoms with van der Waals surface area (Å²) >= 11 is 0. The maximum Gasteiger partial charge on any atom is 0.325 e. The SMILES string of the molecule is COC(=O)Cn1c(N)nc2ccccc21. The molecule has 1 aromatic heterocycles. The summed E-state index contributed by atoms with van der Waals surface area (Å²) in [5.41, 5.74) is 7.31. The normalized spacial score (nSPS) is 10.5. The fourth-order valence-corrected chi connectivity index (χ4v) is 1.45. The van der Waals surface area contributed by atoms with Crippen molar-refractivity contribution in [1.82, 2.24) is 9.55 Å². The topological polar surface area (TPSA) is 70.1 Å². The van der Waals surface area contributed by atoms with Crippen LogP contribution in [-0.4, -0.2) is 22.6 Å². The van der Waals surface area contributed by atoms with Gasteiger partial charge in [-0.25, -0.2) is 4.98 Å². The lowest BCUT2D eigenvalue weighted by atomic mass is 10.3. The monoisotopic (exact) mass is 205 g/mol. The molecule has 0 saturated heterocycles. The highest BCUT2D eigenvalue weighted by atomic mass is 16.5. The Bertz CT molecular complexity index is 504. The van der Waals surface area contributed by atoms with E-state index in [-0.39, 0.29) is 12.5 Å². The van der Waals surface area contributed by atoms with Crippen molar-refractivity contribution in [2.75, 3.05) is 12.8 Å². The molecule has 0 atom stereocenters. The van der Waals surface area contributed by atoms with Crippen LogP contribution in [0.2, 0.25) is 0 Å². The zero-order valence-electron chi connectivity index (χ0n) is 8.30. The van der Waals surface area contributed by atoms with E-state index in [1.165, 1.54) is 7.11 Å². The largest absolute Gasteiger partial charge is 0.468 e. The number of anilines is 1. The van der Waals surface area contributed by atoms with Crippen molar-refractivity contribution >= 4 is 23.0 Å². The molecule has 0 radical (unpaired) electrons. The van der Waals surface area contributed by atoms with Crippen LogP contribution < -0.4 is 5.73 Å². The number of hydrogen-bond acceptors (Lipinski definition) is 4. The molecule has 2 N–H and O–H groups in total. The molecular weight excluding hydrogens is 194 g/mol. The number of aromatic nitrogens is 2. The minimum absolute atomic E-state index is 0.0862. The van der Waals surface area contributed by atoms with Crippen molar-refractivity contribution in [1.29, 1.82) is 0 Å². The van der Waals surface area contributed by atoms with Crippen LogP contribution in [0.5, 0.6) is 0 Å². The number of fused-ring (bicyclic) bond motifs is 1. The summed E-state index contributed by atoms with van der Waals surface area (Å²) in [5, 5.41) is 0. The third kappa shape index (κ3) is 1.63. The Kier molecular flexibility index (Phi) is 2.29. The lowest BCUT2D eigenvalue weighted by Gasteiger charge is -2.03. The van der Waals surface area contributed by atoms with E-state index in [0.29, 0.717) is 5.95 Å². The molecule has 1 heterocycles. The van der Waals surface area contributed by atoms with Gasteiger partial charge in [0.15, 0.2) is 0 Å². The van der Waals surface area contributed by atoms with Crippen LogP contribution in [0, 0.1) is 0 Å². The molecule has 78 valence electrons. The molecule has 0 aliphatic heterocycles. The summed E-state index contributed by atoms with van der Waals surface area (Å²) < 4.78 is 6.21. The van der Waals surface area contributed by atoms with Crippen LogP contribution in [0.15, 0.2) is 24.3 Å². The number of esters is 1. The maximum absolute atomic E-state index is 11.1. The van der Waals surface area contributed by atoms with Gasteiger partial charge in [0, 0.05) is 0 Å². The quantitative estimate of drug-likeness (QED) is 0.736. The second-order valence-corrected chi connectivity index (χ2v) is 3.12. The second kappa shape index (κ2) is 3.61. The van der Waals surface area contributed by atoms with Crippen molar-refractivity contribution in [2.24, 2.45) is 0 Å². The first-order chi connectivity index (χ1) is 7.22. The summed E-state index contributed by atoms with van der Waals surface area (Å²) in [6, 6.07) is 7.45. The Morgan fingerprint density at radius 1 is 1.53 bits per heavy atom. The van der Waals surface area contributed by atoms with Gasteiger partial charge in [0.1, 0.15) is 6.54 Å². The highest BCUT2D eigenvalue weighted by molar-refractivity contribution is 5.80. The van der Waals surface area contributed by atoms with Gasteiger partial charge in [-0.2, -0.15) is 0 Å². The second-order valence-electron chi connectivity index (χ2n) is 3.12. The van der Waals surface area contributed by atoms with E-state index in [9.17, 15) is 4.79 Å². The van der Waals surface area contributed by atoms with Gasteiger partial charge in [0.25, 0.3) is 0 Å². The lowest BCUT2D eigenvalue weighted by Crippen LogP contribution is -2.13. The molecule has 2 aromatic rings. The molecule has 5 heteroatoms. The number of para-hydroxylation sites is 2. The molecule has 0 fully saturated rings. The van der Waals surface area contributed by atoms with Gasteiger partial charge in [-0.05, 0) is 12.1 Å². The Labute approximate surface area is 86.5 Å². The van der Waals surface area contributed by atoms with Crippen LogP contribution in [0.3, 0.4) is 0 Å². The van der Waals surface area contributed by atoms with E-state index < -0.39 is 0 Å². The third-order valence-corrected chi connectivity index (χ3v) is 2.20. The van der Waals surface area contributed by atoms with Gasteiger partial charge in [0.05, 0.1) is 18.1 Å². The van der Waals surface area contributed by atoms with Crippen LogP contribution in [-0.2, 0) is 16.1 Å². The molecular formula is C10H11N3O2. The number of rotatable bonds is 2. The van der Waals surface area contributed by atoms with Crippen molar-refractivity contribution in [3.63, 3.8) is 0 Å². The summed E-state index contributed by atoms with van der Waals surface area (Å²) in [6.07, 6.45) is 0. The van der Waals surface area contributed by atoms with Crippen LogP contribution >= 0.6 is 0 Å². The molecule has 0 aliphatic carbocycles. The number of methoxy groups -OCH3 is 1. The molecule has 0 saturated carbocycles. The Balaban J connectivity index is 2.49. The van der Waals surface area contributed by atoms with Crippen LogP contribution in [0.25, 0.3) is 11.0 Å². The average molecular weight is 205 g/mol. The molecule has 1 aromatic carbocycles. The standard InChI is InChI=1S/C10H11N3O2/c1-15-9(14)6-13-8-5-3-2-4-7(8)12-10(13)11/h2-5H,6H2,1H3,(H2,11,12). The van der Waals surface area contributed by atoms with E-state index in [1.807, 2.05) is 24.3 Å². The molecule has 0 bridgehead atoms. The molecule has 2 rings (SSSR count). The van der Waals surface area contributed by atoms with Gasteiger partial charge >= 0.3 is 5.97 Å². The van der Waals surface area contributed by atoms with Crippen molar-refractivity contribution in [2.45, 2.75) is 6.54 Å². The summed E-state index contributed by atoms with van der Waals surface area (Å²) in [6.45, 7) is 0.0862. The van der Waals surface area contributed by atoms with Gasteiger partial charge < -0.3 is 10.5 Å². The van der Waals surface area contributed by atoms with Gasteiger partial charge in [-0.15, -0.1) is 0 Å². The Hall–Kier alpha value is -2.04. The van der Waals surface area contributed by atoms with Crippen molar-refractivity contribution in [3.05, 3.63) is 24.3 Å². The van der Waals surface area contributed by atoms with Gasteiger partial charge in [-0.1, -0.05) is 12.1 Å². The van der Waals surface area contributed by atoms with E-state index in [4.69, 9.17) is 5.73 Å². The van der Waals surface area contributed by atoms with Gasteiger partial charge in [0.2, 0.25) is 5.95 Å². The number of nitrogens with two attached hydrogens (primary N) is 1. The molecule has 0 amide bonds. The first-order valence-corrected chi connectivity index (χ1v) is 4.50. The average Bonchev–Trinajstić information content (AvgIpc) is 2.55. The molecule has 15 heavy (non-hydrogen) atoms. The van der Waals surface area contributed by atoms with E-state index in [1.54, 1.807) is 4.57 Å². The minimum atomic E-state index is -0.343. The highest BCUT2D eigenvalue weighted by Gasteiger charge is 2.10. The van der Waals surface area contributed by atoms with Gasteiger partial charge in [-0.3, -0.25) is 9.36 Å². The number of hydrogen-bond donors (Lipinski definition) is 1. The predicted molar refractivity (Wildman–Crippen MR) is 56.2 cm³/mol. The summed E-state index contributed by atoms with van der Waals surface area (Å²) in [7, 11) is 1.34. The zero-order valence-corrected chi connectivity index (χ0v) is 8.30. The molecule has 5 nitrogen and oxygen atoms in total. The number of ether oxygens (including phenoxy) is 1. The van der Waals surface area contributed by atoms with Crippen molar-refractivity contribution in [3.8, 4) is 0 Å². The minimum Gasteiger partial charge on any atom is -0.468 e. The van der Waals surface area contributed by atoms with Crippen LogP contribution in [0.4, 0.5) is 5.95 Å². The van der Waals surface area contributed by atoms with E-state index in [2.05, 4.69) is 9.72 Å². The molecule has 0 spiro atoms. The number of benzene rings is 1. The lowest BCUT2D eigenvalue weighted by molar-refractivity contribution is -0.141.